The van der Waals surface area contributed by atoms with Gasteiger partial charge in [-0.1, -0.05) is 15.9 Å². The number of carbonyl (C=O) groups is 2. The first kappa shape index (κ1) is 17.9. The number of benzene rings is 2. The molecular formula is C17H11BrF3NO2. The van der Waals surface area contributed by atoms with Crippen molar-refractivity contribution in [3.05, 3.63) is 76.3 Å². The Bertz CT molecular complexity index is 766. The molecule has 0 saturated heterocycles. The third kappa shape index (κ3) is 5.06. The number of rotatable bonds is 4. The maximum absolute atomic E-state index is 12.4. The summed E-state index contributed by atoms with van der Waals surface area (Å²) in [7, 11) is 0. The second-order valence-corrected chi connectivity index (χ2v) is 5.68. The van der Waals surface area contributed by atoms with E-state index in [1.807, 2.05) is 0 Å². The highest BCUT2D eigenvalue weighted by Crippen LogP contribution is 2.29. The third-order valence-electron chi connectivity index (χ3n) is 2.99. The maximum atomic E-state index is 12.4. The molecule has 1 amide bonds. The minimum atomic E-state index is -4.43. The molecule has 24 heavy (non-hydrogen) atoms. The summed E-state index contributed by atoms with van der Waals surface area (Å²) in [6.07, 6.45) is -2.30. The van der Waals surface area contributed by atoms with Crippen LogP contribution in [0.15, 0.2) is 65.2 Å². The molecule has 2 aromatic carbocycles. The second-order valence-electron chi connectivity index (χ2n) is 4.77. The van der Waals surface area contributed by atoms with E-state index >= 15 is 0 Å². The average molecular weight is 398 g/mol. The number of allylic oxidation sites excluding steroid dienone is 1. The van der Waals surface area contributed by atoms with Gasteiger partial charge in [0.05, 0.1) is 5.56 Å². The van der Waals surface area contributed by atoms with Gasteiger partial charge in [0.25, 0.3) is 0 Å². The van der Waals surface area contributed by atoms with E-state index in [9.17, 15) is 22.8 Å². The molecule has 0 atom stereocenters. The third-order valence-corrected chi connectivity index (χ3v) is 3.52. The highest BCUT2D eigenvalue weighted by Gasteiger charge is 2.29. The molecule has 0 heterocycles. The molecule has 2 aromatic rings. The Balaban J connectivity index is 1.97. The monoisotopic (exact) mass is 397 g/mol. The summed E-state index contributed by atoms with van der Waals surface area (Å²) in [5.74, 6) is -0.967. The molecule has 1 N–H and O–H groups in total. The molecule has 0 aliphatic heterocycles. The Morgan fingerprint density at radius 3 is 2.04 bits per heavy atom. The van der Waals surface area contributed by atoms with Crippen LogP contribution in [-0.2, 0) is 11.0 Å². The molecule has 0 spiro atoms. The van der Waals surface area contributed by atoms with Crippen LogP contribution in [0.1, 0.15) is 15.9 Å². The minimum absolute atomic E-state index is 0.203. The Kier molecular flexibility index (Phi) is 5.56. The smallest absolute Gasteiger partial charge is 0.323 e. The average Bonchev–Trinajstić information content (AvgIpc) is 2.53. The quantitative estimate of drug-likeness (QED) is 0.592. The van der Waals surface area contributed by atoms with E-state index in [4.69, 9.17) is 0 Å². The largest absolute Gasteiger partial charge is 0.416 e. The van der Waals surface area contributed by atoms with E-state index in [-0.39, 0.29) is 11.5 Å². The van der Waals surface area contributed by atoms with Crippen molar-refractivity contribution in [3.8, 4) is 0 Å². The molecule has 0 aliphatic rings. The van der Waals surface area contributed by atoms with Crippen molar-refractivity contribution in [2.75, 3.05) is 5.32 Å². The number of anilines is 1. The van der Waals surface area contributed by atoms with Crippen LogP contribution in [0.3, 0.4) is 0 Å². The van der Waals surface area contributed by atoms with Gasteiger partial charge in [0.1, 0.15) is 0 Å². The maximum Gasteiger partial charge on any atom is 0.416 e. The Labute approximate surface area is 144 Å². The zero-order valence-electron chi connectivity index (χ0n) is 12.1. The minimum Gasteiger partial charge on any atom is -0.323 e. The zero-order valence-corrected chi connectivity index (χ0v) is 13.7. The lowest BCUT2D eigenvalue weighted by atomic mass is 10.1. The number of hydrogen-bond donors (Lipinski definition) is 1. The molecule has 0 aliphatic carbocycles. The van der Waals surface area contributed by atoms with Crippen molar-refractivity contribution in [3.63, 3.8) is 0 Å². The first-order chi connectivity index (χ1) is 11.3. The number of alkyl halides is 3. The number of halogens is 4. The van der Waals surface area contributed by atoms with Gasteiger partial charge in [0, 0.05) is 21.8 Å². The number of carbonyl (C=O) groups excluding carboxylic acids is 2. The van der Waals surface area contributed by atoms with Gasteiger partial charge in [-0.2, -0.15) is 13.2 Å². The van der Waals surface area contributed by atoms with Crippen molar-refractivity contribution >= 4 is 33.3 Å². The molecule has 3 nitrogen and oxygen atoms in total. The van der Waals surface area contributed by atoms with E-state index in [1.54, 1.807) is 24.3 Å². The van der Waals surface area contributed by atoms with Gasteiger partial charge in [0.15, 0.2) is 5.78 Å². The van der Waals surface area contributed by atoms with Crippen molar-refractivity contribution < 1.29 is 22.8 Å². The predicted octanol–water partition coefficient (Wildman–Crippen LogP) is 4.85. The molecule has 0 radical (unpaired) electrons. The van der Waals surface area contributed by atoms with Crippen LogP contribution in [0.5, 0.6) is 0 Å². The summed E-state index contributed by atoms with van der Waals surface area (Å²) >= 11 is 3.25. The fourth-order valence-corrected chi connectivity index (χ4v) is 2.05. The molecule has 7 heteroatoms. The number of hydrogen-bond acceptors (Lipinski definition) is 2. The first-order valence-electron chi connectivity index (χ1n) is 6.72. The lowest BCUT2D eigenvalue weighted by molar-refractivity contribution is -0.137. The molecule has 0 fully saturated rings. The summed E-state index contributed by atoms with van der Waals surface area (Å²) in [5.41, 5.74) is -0.188. The molecule has 0 unspecified atom stereocenters. The van der Waals surface area contributed by atoms with Gasteiger partial charge < -0.3 is 5.32 Å². The first-order valence-corrected chi connectivity index (χ1v) is 7.51. The van der Waals surface area contributed by atoms with Crippen molar-refractivity contribution in [1.29, 1.82) is 0 Å². The zero-order chi connectivity index (χ0) is 17.7. The van der Waals surface area contributed by atoms with Gasteiger partial charge in [-0.05, 0) is 54.6 Å². The standard InChI is InChI=1S/C17H11BrF3NO2/c18-13-5-1-11(2-6-13)15(23)9-10-16(24)22-14-7-3-12(4-8-14)17(19,20)21/h1-10H,(H,22,24)/b10-9+. The van der Waals surface area contributed by atoms with Crippen LogP contribution in [0.25, 0.3) is 0 Å². The van der Waals surface area contributed by atoms with Crippen LogP contribution < -0.4 is 5.32 Å². The summed E-state index contributed by atoms with van der Waals surface area (Å²) in [4.78, 5) is 23.6. The lowest BCUT2D eigenvalue weighted by Gasteiger charge is -2.07. The Morgan fingerprint density at radius 2 is 1.50 bits per heavy atom. The lowest BCUT2D eigenvalue weighted by Crippen LogP contribution is -2.10. The second kappa shape index (κ2) is 7.44. The van der Waals surface area contributed by atoms with Gasteiger partial charge in [-0.25, -0.2) is 0 Å². The summed E-state index contributed by atoms with van der Waals surface area (Å²) in [6, 6.07) is 10.6. The molecule has 2 rings (SSSR count). The fourth-order valence-electron chi connectivity index (χ4n) is 1.79. The van der Waals surface area contributed by atoms with Crippen LogP contribution in [0, 0.1) is 0 Å². The summed E-state index contributed by atoms with van der Waals surface area (Å²) in [5, 5.41) is 2.38. The summed E-state index contributed by atoms with van der Waals surface area (Å²) in [6.45, 7) is 0. The fraction of sp³-hybridized carbons (Fsp3) is 0.0588. The van der Waals surface area contributed by atoms with Crippen LogP contribution >= 0.6 is 15.9 Å². The van der Waals surface area contributed by atoms with E-state index in [1.165, 1.54) is 0 Å². The van der Waals surface area contributed by atoms with Crippen molar-refractivity contribution in [2.45, 2.75) is 6.18 Å². The van der Waals surface area contributed by atoms with Gasteiger partial charge >= 0.3 is 6.18 Å². The Morgan fingerprint density at radius 1 is 0.917 bits per heavy atom. The number of amides is 1. The molecular weight excluding hydrogens is 387 g/mol. The van der Waals surface area contributed by atoms with E-state index in [2.05, 4.69) is 21.2 Å². The van der Waals surface area contributed by atoms with E-state index in [0.717, 1.165) is 40.9 Å². The summed E-state index contributed by atoms with van der Waals surface area (Å²) < 4.78 is 38.1. The van der Waals surface area contributed by atoms with E-state index < -0.39 is 17.6 Å². The van der Waals surface area contributed by atoms with Crippen molar-refractivity contribution in [2.24, 2.45) is 0 Å². The molecule has 0 saturated carbocycles. The topological polar surface area (TPSA) is 46.2 Å². The number of ketones is 1. The molecule has 124 valence electrons. The molecule has 0 bridgehead atoms. The SMILES string of the molecule is O=C(/C=C/C(=O)c1ccc(Br)cc1)Nc1ccc(C(F)(F)F)cc1. The normalized spacial score (nSPS) is 11.5. The molecule has 0 aromatic heterocycles. The number of nitrogens with one attached hydrogen (secondary N) is 1. The van der Waals surface area contributed by atoms with Gasteiger partial charge in [-0.3, -0.25) is 9.59 Å². The Hall–Kier alpha value is -2.41. The predicted molar refractivity (Wildman–Crippen MR) is 87.7 cm³/mol. The van der Waals surface area contributed by atoms with Gasteiger partial charge in [0.2, 0.25) is 5.91 Å². The van der Waals surface area contributed by atoms with E-state index in [0.29, 0.717) is 5.56 Å². The van der Waals surface area contributed by atoms with Crippen LogP contribution in [-0.4, -0.2) is 11.7 Å². The highest BCUT2D eigenvalue weighted by molar-refractivity contribution is 9.10. The van der Waals surface area contributed by atoms with Gasteiger partial charge in [-0.15, -0.1) is 0 Å². The van der Waals surface area contributed by atoms with Crippen molar-refractivity contribution in [1.82, 2.24) is 0 Å². The van der Waals surface area contributed by atoms with Crippen LogP contribution in [0.2, 0.25) is 0 Å². The van der Waals surface area contributed by atoms with Crippen LogP contribution in [0.4, 0.5) is 18.9 Å². The highest BCUT2D eigenvalue weighted by atomic mass is 79.9.